The number of hydrogen-bond acceptors (Lipinski definition) is 6. The number of allylic oxidation sites excluding steroid dienone is 10. The molecule has 0 radical (unpaired) electrons. The third-order valence-corrected chi connectivity index (χ3v) is 14.5. The molecule has 0 rings (SSSR count). The van der Waals surface area contributed by atoms with Crippen LogP contribution in [0.1, 0.15) is 342 Å². The first-order valence-electron chi connectivity index (χ1n) is 32.8. The monoisotopic (exact) mass is 1050 g/mol. The van der Waals surface area contributed by atoms with Crippen LogP contribution in [-0.4, -0.2) is 37.2 Å². The standard InChI is InChI=1S/C69H124O6/c1-4-7-10-13-16-19-22-25-27-28-29-30-31-32-33-34-35-36-37-38-39-40-42-44-47-50-53-56-59-62-68(71)74-65-66(64-73-67(70)61-58-55-52-49-46-43-24-21-18-15-12-9-6-3)75-69(72)63-60-57-54-51-48-45-41-26-23-20-17-14-11-8-5-2/h8,11,17,20-21,24,26,28-29,41,66H,4-7,9-10,12-16,18-19,22-23,25,27,30-40,42-65H2,1-3H3/b11-8-,20-17-,24-21-,29-28-,41-26-. The normalized spacial score (nSPS) is 12.4. The van der Waals surface area contributed by atoms with Crippen LogP contribution in [0.5, 0.6) is 0 Å². The number of carbonyl (C=O) groups is 3. The Kier molecular flexibility index (Phi) is 61.2. The van der Waals surface area contributed by atoms with Gasteiger partial charge < -0.3 is 14.2 Å². The van der Waals surface area contributed by atoms with E-state index in [4.69, 9.17) is 14.2 Å². The Labute approximate surface area is 466 Å². The molecule has 0 bridgehead atoms. The summed E-state index contributed by atoms with van der Waals surface area (Å²) in [6.07, 6.45) is 81.1. The van der Waals surface area contributed by atoms with Gasteiger partial charge in [0.1, 0.15) is 13.2 Å². The highest BCUT2D eigenvalue weighted by Crippen LogP contribution is 2.17. The number of esters is 3. The highest BCUT2D eigenvalue weighted by atomic mass is 16.6. The lowest BCUT2D eigenvalue weighted by Gasteiger charge is -2.18. The summed E-state index contributed by atoms with van der Waals surface area (Å²) >= 11 is 0. The van der Waals surface area contributed by atoms with E-state index in [-0.39, 0.29) is 31.1 Å². The van der Waals surface area contributed by atoms with Gasteiger partial charge in [0.15, 0.2) is 6.10 Å². The van der Waals surface area contributed by atoms with Crippen molar-refractivity contribution in [1.82, 2.24) is 0 Å². The molecule has 0 aromatic rings. The summed E-state index contributed by atoms with van der Waals surface area (Å²) in [7, 11) is 0. The molecule has 0 spiro atoms. The van der Waals surface area contributed by atoms with Crippen LogP contribution in [0.2, 0.25) is 0 Å². The van der Waals surface area contributed by atoms with E-state index >= 15 is 0 Å². The van der Waals surface area contributed by atoms with Crippen LogP contribution in [0, 0.1) is 0 Å². The smallest absolute Gasteiger partial charge is 0.306 e. The molecule has 1 unspecified atom stereocenters. The summed E-state index contributed by atoms with van der Waals surface area (Å²) < 4.78 is 16.9. The molecule has 0 aliphatic carbocycles. The van der Waals surface area contributed by atoms with Gasteiger partial charge in [-0.2, -0.15) is 0 Å². The molecular weight excluding hydrogens is 925 g/mol. The van der Waals surface area contributed by atoms with Crippen molar-refractivity contribution in [1.29, 1.82) is 0 Å². The van der Waals surface area contributed by atoms with E-state index < -0.39 is 6.10 Å². The molecule has 0 N–H and O–H groups in total. The molecule has 0 aliphatic heterocycles. The maximum Gasteiger partial charge on any atom is 0.306 e. The number of rotatable bonds is 60. The predicted molar refractivity (Wildman–Crippen MR) is 325 cm³/mol. The lowest BCUT2D eigenvalue weighted by molar-refractivity contribution is -0.167. The van der Waals surface area contributed by atoms with Crippen molar-refractivity contribution >= 4 is 17.9 Å². The van der Waals surface area contributed by atoms with E-state index in [9.17, 15) is 14.4 Å². The van der Waals surface area contributed by atoms with Crippen molar-refractivity contribution in [2.75, 3.05) is 13.2 Å². The molecule has 75 heavy (non-hydrogen) atoms. The van der Waals surface area contributed by atoms with Crippen LogP contribution >= 0.6 is 0 Å². The minimum atomic E-state index is -0.786. The van der Waals surface area contributed by atoms with Gasteiger partial charge in [-0.05, 0) is 103 Å². The molecule has 6 nitrogen and oxygen atoms in total. The molecule has 0 aromatic heterocycles. The van der Waals surface area contributed by atoms with Gasteiger partial charge in [0, 0.05) is 19.3 Å². The summed E-state index contributed by atoms with van der Waals surface area (Å²) in [6, 6.07) is 0. The first kappa shape index (κ1) is 72.1. The van der Waals surface area contributed by atoms with Crippen molar-refractivity contribution < 1.29 is 28.6 Å². The van der Waals surface area contributed by atoms with Crippen molar-refractivity contribution in [3.63, 3.8) is 0 Å². The van der Waals surface area contributed by atoms with Gasteiger partial charge in [-0.3, -0.25) is 14.4 Å². The Hall–Kier alpha value is -2.89. The summed E-state index contributed by atoms with van der Waals surface area (Å²) in [5.41, 5.74) is 0. The molecule has 0 saturated heterocycles. The van der Waals surface area contributed by atoms with Crippen molar-refractivity contribution in [2.24, 2.45) is 0 Å². The molecule has 1 atom stereocenters. The van der Waals surface area contributed by atoms with Crippen LogP contribution in [0.4, 0.5) is 0 Å². The Morgan fingerprint density at radius 2 is 0.520 bits per heavy atom. The molecule has 0 fully saturated rings. The summed E-state index contributed by atoms with van der Waals surface area (Å²) in [5, 5.41) is 0. The molecule has 0 amide bonds. The third-order valence-electron chi connectivity index (χ3n) is 14.5. The zero-order valence-electron chi connectivity index (χ0n) is 50.1. The number of hydrogen-bond donors (Lipinski definition) is 0. The van der Waals surface area contributed by atoms with E-state index in [0.717, 1.165) is 103 Å². The zero-order valence-corrected chi connectivity index (χ0v) is 50.1. The average molecular weight is 1050 g/mol. The maximum absolute atomic E-state index is 12.9. The predicted octanol–water partition coefficient (Wildman–Crippen LogP) is 22.3. The maximum atomic E-state index is 12.9. The fraction of sp³-hybridized carbons (Fsp3) is 0.812. The minimum absolute atomic E-state index is 0.0814. The average Bonchev–Trinajstić information content (AvgIpc) is 3.41. The van der Waals surface area contributed by atoms with Gasteiger partial charge in [0.05, 0.1) is 0 Å². The molecule has 0 aromatic carbocycles. The van der Waals surface area contributed by atoms with Crippen LogP contribution in [0.3, 0.4) is 0 Å². The van der Waals surface area contributed by atoms with E-state index in [1.54, 1.807) is 0 Å². The van der Waals surface area contributed by atoms with E-state index in [1.165, 1.54) is 199 Å². The summed E-state index contributed by atoms with van der Waals surface area (Å²) in [5.74, 6) is -0.892. The first-order valence-corrected chi connectivity index (χ1v) is 32.8. The van der Waals surface area contributed by atoms with E-state index in [0.29, 0.717) is 19.3 Å². The second-order valence-electron chi connectivity index (χ2n) is 22.0. The molecule has 0 saturated carbocycles. The van der Waals surface area contributed by atoms with Crippen LogP contribution in [0.15, 0.2) is 60.8 Å². The van der Waals surface area contributed by atoms with Crippen molar-refractivity contribution in [3.8, 4) is 0 Å². The first-order chi connectivity index (χ1) is 37.0. The van der Waals surface area contributed by atoms with Crippen LogP contribution < -0.4 is 0 Å². The Morgan fingerprint density at radius 1 is 0.280 bits per heavy atom. The molecule has 6 heteroatoms. The largest absolute Gasteiger partial charge is 0.462 e. The van der Waals surface area contributed by atoms with Gasteiger partial charge in [0.25, 0.3) is 0 Å². The highest BCUT2D eigenvalue weighted by molar-refractivity contribution is 5.71. The van der Waals surface area contributed by atoms with Crippen molar-refractivity contribution in [2.45, 2.75) is 348 Å². The molecule has 0 heterocycles. The second kappa shape index (κ2) is 63.6. The Morgan fingerprint density at radius 3 is 0.840 bits per heavy atom. The van der Waals surface area contributed by atoms with Gasteiger partial charge >= 0.3 is 17.9 Å². The number of ether oxygens (including phenoxy) is 3. The lowest BCUT2D eigenvalue weighted by atomic mass is 10.0. The fourth-order valence-electron chi connectivity index (χ4n) is 9.57. The van der Waals surface area contributed by atoms with Gasteiger partial charge in [-0.25, -0.2) is 0 Å². The molecule has 0 aliphatic rings. The summed E-state index contributed by atoms with van der Waals surface area (Å²) in [6.45, 7) is 6.53. The highest BCUT2D eigenvalue weighted by Gasteiger charge is 2.19. The molecule has 436 valence electrons. The van der Waals surface area contributed by atoms with Gasteiger partial charge in [0.2, 0.25) is 0 Å². The third kappa shape index (κ3) is 61.8. The van der Waals surface area contributed by atoms with Gasteiger partial charge in [-0.15, -0.1) is 0 Å². The topological polar surface area (TPSA) is 78.9 Å². The summed E-state index contributed by atoms with van der Waals surface area (Å²) in [4.78, 5) is 38.2. The van der Waals surface area contributed by atoms with Crippen LogP contribution in [-0.2, 0) is 28.6 Å². The SMILES string of the molecule is CC/C=C\C/C=C\C/C=C\CCCCCCCC(=O)OC(COC(=O)CCCCCCC/C=C\CCCCCC)COC(=O)CCCCCCCCCCCCCCCCCCC/C=C\CCCCCCCCCC. The minimum Gasteiger partial charge on any atom is -0.462 e. The Bertz CT molecular complexity index is 1340. The fourth-order valence-corrected chi connectivity index (χ4v) is 9.57. The number of carbonyl (C=O) groups excluding carboxylic acids is 3. The second-order valence-corrected chi connectivity index (χ2v) is 22.0. The van der Waals surface area contributed by atoms with E-state index in [2.05, 4.69) is 81.5 Å². The Balaban J connectivity index is 4.18. The van der Waals surface area contributed by atoms with Gasteiger partial charge in [-0.1, -0.05) is 281 Å². The van der Waals surface area contributed by atoms with E-state index in [1.807, 2.05) is 0 Å². The zero-order chi connectivity index (χ0) is 54.3. The lowest BCUT2D eigenvalue weighted by Crippen LogP contribution is -2.30. The van der Waals surface area contributed by atoms with Crippen LogP contribution in [0.25, 0.3) is 0 Å². The number of unbranched alkanes of at least 4 members (excludes halogenated alkanes) is 39. The molecular formula is C69H124O6. The quantitative estimate of drug-likeness (QED) is 0.0261. The van der Waals surface area contributed by atoms with Crippen molar-refractivity contribution in [3.05, 3.63) is 60.8 Å².